The molecule has 2 aromatic rings. The normalized spacial score (nSPS) is 10.5. The maximum atomic E-state index is 12.3. The molecule has 116 valence electrons. The second kappa shape index (κ2) is 6.16. The van der Waals surface area contributed by atoms with E-state index in [0.717, 1.165) is 10.9 Å². The van der Waals surface area contributed by atoms with Gasteiger partial charge in [-0.3, -0.25) is 19.6 Å². The highest BCUT2D eigenvalue weighted by atomic mass is 19.3. The summed E-state index contributed by atoms with van der Waals surface area (Å²) in [4.78, 5) is 22.1. The van der Waals surface area contributed by atoms with Crippen LogP contribution in [0.4, 0.5) is 20.2 Å². The fourth-order valence-electron chi connectivity index (χ4n) is 1.72. The van der Waals surface area contributed by atoms with Gasteiger partial charge < -0.3 is 10.1 Å². The lowest BCUT2D eigenvalue weighted by Crippen LogP contribution is -2.16. The summed E-state index contributed by atoms with van der Waals surface area (Å²) in [7, 11) is 1.41. The summed E-state index contributed by atoms with van der Waals surface area (Å²) in [5, 5.41) is 16.8. The molecule has 0 radical (unpaired) electrons. The van der Waals surface area contributed by atoms with Crippen LogP contribution in [0.5, 0.6) is 5.75 Å². The Bertz CT molecular complexity index is 717. The van der Waals surface area contributed by atoms with Crippen LogP contribution in [0.25, 0.3) is 0 Å². The fraction of sp³-hybridized carbons (Fsp3) is 0.167. The summed E-state index contributed by atoms with van der Waals surface area (Å²) >= 11 is 0. The van der Waals surface area contributed by atoms with Crippen molar-refractivity contribution in [2.45, 2.75) is 6.61 Å². The van der Waals surface area contributed by atoms with Gasteiger partial charge in [-0.15, -0.1) is 0 Å². The van der Waals surface area contributed by atoms with Gasteiger partial charge in [-0.25, -0.2) is 0 Å². The summed E-state index contributed by atoms with van der Waals surface area (Å²) < 4.78 is 30.0. The van der Waals surface area contributed by atoms with Crippen molar-refractivity contribution in [2.75, 3.05) is 5.32 Å². The number of ether oxygens (including phenoxy) is 1. The maximum absolute atomic E-state index is 12.3. The molecular formula is C12H10F2N4O4. The average Bonchev–Trinajstić information content (AvgIpc) is 2.83. The smallest absolute Gasteiger partial charge is 0.387 e. The number of nitro groups is 1. The Labute approximate surface area is 122 Å². The van der Waals surface area contributed by atoms with E-state index in [2.05, 4.69) is 15.2 Å². The van der Waals surface area contributed by atoms with Crippen molar-refractivity contribution in [1.29, 1.82) is 0 Å². The molecule has 0 aliphatic heterocycles. The second-order valence-corrected chi connectivity index (χ2v) is 4.12. The number of alkyl halides is 2. The summed E-state index contributed by atoms with van der Waals surface area (Å²) in [6.45, 7) is -3.07. The molecule has 0 unspecified atom stereocenters. The van der Waals surface area contributed by atoms with Crippen LogP contribution < -0.4 is 10.1 Å². The first-order valence-electron chi connectivity index (χ1n) is 5.91. The molecule has 22 heavy (non-hydrogen) atoms. The Morgan fingerprint density at radius 2 is 2.14 bits per heavy atom. The monoisotopic (exact) mass is 312 g/mol. The zero-order valence-electron chi connectivity index (χ0n) is 11.2. The van der Waals surface area contributed by atoms with Gasteiger partial charge >= 0.3 is 12.3 Å². The Morgan fingerprint density at radius 3 is 2.77 bits per heavy atom. The zero-order chi connectivity index (χ0) is 16.3. The molecular weight excluding hydrogens is 302 g/mol. The number of halogens is 2. The number of carbonyl (C=O) groups excluding carboxylic acids is 1. The van der Waals surface area contributed by atoms with Gasteiger partial charge in [-0.1, -0.05) is 12.1 Å². The van der Waals surface area contributed by atoms with Gasteiger partial charge in [0.05, 0.1) is 10.6 Å². The molecule has 0 bridgehead atoms. The third-order valence-corrected chi connectivity index (χ3v) is 2.57. The maximum Gasteiger partial charge on any atom is 0.387 e. The van der Waals surface area contributed by atoms with Gasteiger partial charge in [0.25, 0.3) is 5.91 Å². The molecule has 0 fully saturated rings. The van der Waals surface area contributed by atoms with Crippen molar-refractivity contribution in [3.05, 3.63) is 46.3 Å². The number of amides is 1. The molecule has 1 amide bonds. The van der Waals surface area contributed by atoms with Gasteiger partial charge in [0.15, 0.2) is 0 Å². The van der Waals surface area contributed by atoms with E-state index >= 15 is 0 Å². The minimum atomic E-state index is -3.07. The number of para-hydroxylation sites is 2. The largest absolute Gasteiger partial charge is 0.433 e. The number of aryl methyl sites for hydroxylation is 1. The van der Waals surface area contributed by atoms with Crippen LogP contribution in [0.15, 0.2) is 30.5 Å². The van der Waals surface area contributed by atoms with E-state index in [-0.39, 0.29) is 11.4 Å². The molecule has 2 rings (SSSR count). The first-order chi connectivity index (χ1) is 10.4. The lowest BCUT2D eigenvalue weighted by atomic mass is 10.2. The van der Waals surface area contributed by atoms with Crippen molar-refractivity contribution in [3.63, 3.8) is 0 Å². The molecule has 0 aliphatic rings. The van der Waals surface area contributed by atoms with Gasteiger partial charge in [-0.05, 0) is 12.1 Å². The molecule has 0 spiro atoms. The highest BCUT2D eigenvalue weighted by molar-refractivity contribution is 6.06. The summed E-state index contributed by atoms with van der Waals surface area (Å²) in [5.74, 6) is -1.16. The van der Waals surface area contributed by atoms with E-state index in [1.165, 1.54) is 31.3 Å². The third-order valence-electron chi connectivity index (χ3n) is 2.57. The Kier molecular flexibility index (Phi) is 4.30. The van der Waals surface area contributed by atoms with E-state index < -0.39 is 28.8 Å². The number of anilines is 1. The minimum absolute atomic E-state index is 0.0484. The summed E-state index contributed by atoms with van der Waals surface area (Å²) in [5.41, 5.74) is -0.973. The van der Waals surface area contributed by atoms with Crippen LogP contribution >= 0.6 is 0 Å². The lowest BCUT2D eigenvalue weighted by Gasteiger charge is -2.10. The van der Waals surface area contributed by atoms with Gasteiger partial charge in [-0.2, -0.15) is 13.9 Å². The number of aromatic nitrogens is 2. The number of benzene rings is 1. The predicted molar refractivity (Wildman–Crippen MR) is 70.9 cm³/mol. The number of nitrogens with zero attached hydrogens (tertiary/aromatic N) is 3. The molecule has 1 aromatic carbocycles. The number of nitrogens with one attached hydrogen (secondary N) is 1. The molecule has 1 heterocycles. The van der Waals surface area contributed by atoms with Crippen molar-refractivity contribution < 1.29 is 23.2 Å². The zero-order valence-corrected chi connectivity index (χ0v) is 11.2. The molecule has 1 aromatic heterocycles. The topological polar surface area (TPSA) is 99.3 Å². The first kappa shape index (κ1) is 15.4. The number of hydrogen-bond donors (Lipinski definition) is 1. The summed E-state index contributed by atoms with van der Waals surface area (Å²) in [6, 6.07) is 5.48. The highest BCUT2D eigenvalue weighted by Gasteiger charge is 2.25. The Balaban J connectivity index is 2.28. The van der Waals surface area contributed by atoms with Gasteiger partial charge in [0.1, 0.15) is 11.9 Å². The van der Waals surface area contributed by atoms with Crippen molar-refractivity contribution in [2.24, 2.45) is 7.05 Å². The van der Waals surface area contributed by atoms with E-state index in [1.54, 1.807) is 0 Å². The number of rotatable bonds is 5. The SMILES string of the molecule is Cn1cc([N+](=O)[O-])c(C(=O)Nc2ccccc2OC(F)F)n1. The van der Waals surface area contributed by atoms with Crippen LogP contribution in [0.2, 0.25) is 0 Å². The van der Waals surface area contributed by atoms with E-state index in [0.29, 0.717) is 0 Å². The van der Waals surface area contributed by atoms with Gasteiger partial charge in [0.2, 0.25) is 5.69 Å². The van der Waals surface area contributed by atoms with E-state index in [1.807, 2.05) is 0 Å². The molecule has 0 saturated carbocycles. The van der Waals surface area contributed by atoms with Crippen molar-refractivity contribution in [1.82, 2.24) is 9.78 Å². The average molecular weight is 312 g/mol. The van der Waals surface area contributed by atoms with Crippen LogP contribution in [-0.4, -0.2) is 27.2 Å². The summed E-state index contributed by atoms with van der Waals surface area (Å²) in [6.07, 6.45) is 1.07. The van der Waals surface area contributed by atoms with Crippen molar-refractivity contribution >= 4 is 17.3 Å². The van der Waals surface area contributed by atoms with Crippen LogP contribution in [-0.2, 0) is 7.05 Å². The standard InChI is InChI=1S/C12H10F2N4O4/c1-17-6-8(18(20)21)10(16-17)11(19)15-7-4-2-3-5-9(7)22-12(13)14/h2-6,12H,1H3,(H,15,19). The minimum Gasteiger partial charge on any atom is -0.433 e. The third kappa shape index (κ3) is 3.34. The number of carbonyl (C=O) groups is 1. The van der Waals surface area contributed by atoms with E-state index in [4.69, 9.17) is 0 Å². The van der Waals surface area contributed by atoms with Crippen LogP contribution in [0.3, 0.4) is 0 Å². The lowest BCUT2D eigenvalue weighted by molar-refractivity contribution is -0.385. The van der Waals surface area contributed by atoms with Crippen molar-refractivity contribution in [3.8, 4) is 5.75 Å². The molecule has 10 heteroatoms. The Morgan fingerprint density at radius 1 is 1.45 bits per heavy atom. The first-order valence-corrected chi connectivity index (χ1v) is 5.91. The van der Waals surface area contributed by atoms with Crippen LogP contribution in [0, 0.1) is 10.1 Å². The fourth-order valence-corrected chi connectivity index (χ4v) is 1.72. The molecule has 0 atom stereocenters. The highest BCUT2D eigenvalue weighted by Crippen LogP contribution is 2.27. The molecule has 8 nitrogen and oxygen atoms in total. The quantitative estimate of drug-likeness (QED) is 0.674. The molecule has 1 N–H and O–H groups in total. The second-order valence-electron chi connectivity index (χ2n) is 4.12. The molecule has 0 saturated heterocycles. The van der Waals surface area contributed by atoms with Crippen LogP contribution in [0.1, 0.15) is 10.5 Å². The van der Waals surface area contributed by atoms with Gasteiger partial charge in [0, 0.05) is 7.05 Å². The number of hydrogen-bond acceptors (Lipinski definition) is 5. The predicted octanol–water partition coefficient (Wildman–Crippen LogP) is 2.18. The van der Waals surface area contributed by atoms with E-state index in [9.17, 15) is 23.7 Å². The Hall–Kier alpha value is -3.04. The molecule has 0 aliphatic carbocycles.